The van der Waals surface area contributed by atoms with Gasteiger partial charge in [0, 0.05) is 24.2 Å². The van der Waals surface area contributed by atoms with Crippen molar-refractivity contribution in [2.24, 2.45) is 5.73 Å². The molecule has 1 aliphatic rings. The van der Waals surface area contributed by atoms with Crippen molar-refractivity contribution >= 4 is 11.6 Å². The van der Waals surface area contributed by atoms with Gasteiger partial charge in [-0.2, -0.15) is 0 Å². The van der Waals surface area contributed by atoms with E-state index in [-0.39, 0.29) is 5.91 Å². The molecule has 1 unspecified atom stereocenters. The summed E-state index contributed by atoms with van der Waals surface area (Å²) in [6, 6.07) is 16.9. The van der Waals surface area contributed by atoms with E-state index in [1.54, 1.807) is 0 Å². The van der Waals surface area contributed by atoms with Crippen LogP contribution in [0.25, 0.3) is 11.4 Å². The zero-order valence-corrected chi connectivity index (χ0v) is 15.1. The van der Waals surface area contributed by atoms with Crippen molar-refractivity contribution in [2.45, 2.75) is 38.3 Å². The molecule has 3 aromatic rings. The number of benzene rings is 2. The maximum Gasteiger partial charge on any atom is 0.241 e. The van der Waals surface area contributed by atoms with E-state index in [2.05, 4.69) is 20.1 Å². The second-order valence-corrected chi connectivity index (χ2v) is 6.91. The van der Waals surface area contributed by atoms with E-state index < -0.39 is 6.04 Å². The van der Waals surface area contributed by atoms with Gasteiger partial charge in [0.1, 0.15) is 5.82 Å². The topological polar surface area (TPSA) is 85.8 Å². The van der Waals surface area contributed by atoms with E-state index in [0.29, 0.717) is 6.42 Å². The van der Waals surface area contributed by atoms with Gasteiger partial charge in [0.05, 0.1) is 6.04 Å². The number of anilines is 1. The molecule has 1 atom stereocenters. The zero-order chi connectivity index (χ0) is 18.6. The number of carbonyl (C=O) groups is 1. The fourth-order valence-corrected chi connectivity index (χ4v) is 3.42. The Balaban J connectivity index is 1.42. The second-order valence-electron chi connectivity index (χ2n) is 6.91. The van der Waals surface area contributed by atoms with Crippen molar-refractivity contribution in [1.82, 2.24) is 14.8 Å². The number of hydrogen-bond donors (Lipinski definition) is 2. The number of amides is 1. The summed E-state index contributed by atoms with van der Waals surface area (Å²) >= 11 is 0. The van der Waals surface area contributed by atoms with Gasteiger partial charge in [-0.15, -0.1) is 10.2 Å². The third kappa shape index (κ3) is 3.90. The third-order valence-electron chi connectivity index (χ3n) is 4.91. The van der Waals surface area contributed by atoms with Crippen LogP contribution in [0, 0.1) is 0 Å². The molecule has 1 aromatic heterocycles. The predicted molar refractivity (Wildman–Crippen MR) is 105 cm³/mol. The highest BCUT2D eigenvalue weighted by Crippen LogP contribution is 2.24. The Morgan fingerprint density at radius 1 is 1.07 bits per heavy atom. The molecule has 138 valence electrons. The van der Waals surface area contributed by atoms with Crippen molar-refractivity contribution in [2.75, 3.05) is 5.32 Å². The van der Waals surface area contributed by atoms with Crippen LogP contribution in [0.3, 0.4) is 0 Å². The number of carbonyl (C=O) groups excluding carboxylic acids is 1. The first-order valence-corrected chi connectivity index (χ1v) is 9.33. The van der Waals surface area contributed by atoms with Gasteiger partial charge >= 0.3 is 0 Å². The summed E-state index contributed by atoms with van der Waals surface area (Å²) in [5.41, 5.74) is 8.82. The average Bonchev–Trinajstić information content (AvgIpc) is 3.13. The quantitative estimate of drug-likeness (QED) is 0.732. The lowest BCUT2D eigenvalue weighted by molar-refractivity contribution is -0.117. The Labute approximate surface area is 158 Å². The number of aryl methyl sites for hydroxylation is 1. The monoisotopic (exact) mass is 361 g/mol. The molecule has 2 aromatic carbocycles. The second kappa shape index (κ2) is 7.72. The van der Waals surface area contributed by atoms with Crippen LogP contribution >= 0.6 is 0 Å². The maximum absolute atomic E-state index is 12.4. The Morgan fingerprint density at radius 3 is 2.63 bits per heavy atom. The van der Waals surface area contributed by atoms with Gasteiger partial charge in [0.2, 0.25) is 5.91 Å². The van der Waals surface area contributed by atoms with Gasteiger partial charge in [-0.3, -0.25) is 4.79 Å². The van der Waals surface area contributed by atoms with Crippen molar-refractivity contribution in [1.29, 1.82) is 0 Å². The van der Waals surface area contributed by atoms with Crippen molar-refractivity contribution in [3.8, 4) is 11.4 Å². The van der Waals surface area contributed by atoms with E-state index in [4.69, 9.17) is 5.73 Å². The molecule has 0 radical (unpaired) electrons. The number of nitrogens with zero attached hydrogens (tertiary/aromatic N) is 3. The van der Waals surface area contributed by atoms with Crippen molar-refractivity contribution < 1.29 is 4.79 Å². The van der Waals surface area contributed by atoms with Gasteiger partial charge in [-0.05, 0) is 49.1 Å². The molecule has 0 aliphatic carbocycles. The third-order valence-corrected chi connectivity index (χ3v) is 4.91. The van der Waals surface area contributed by atoms with Crippen molar-refractivity contribution in [3.63, 3.8) is 0 Å². The highest BCUT2D eigenvalue weighted by molar-refractivity contribution is 5.95. The molecule has 6 heteroatoms. The number of hydrogen-bond acceptors (Lipinski definition) is 4. The first-order chi connectivity index (χ1) is 13.2. The van der Waals surface area contributed by atoms with Crippen LogP contribution < -0.4 is 11.1 Å². The maximum atomic E-state index is 12.4. The summed E-state index contributed by atoms with van der Waals surface area (Å²) in [5.74, 6) is 1.76. The Bertz CT molecular complexity index is 918. The summed E-state index contributed by atoms with van der Waals surface area (Å²) < 4.78 is 2.19. The summed E-state index contributed by atoms with van der Waals surface area (Å²) in [5, 5.41) is 11.5. The normalized spacial score (nSPS) is 14.4. The number of aromatic nitrogens is 3. The number of nitrogens with two attached hydrogens (primary N) is 1. The lowest BCUT2D eigenvalue weighted by Crippen LogP contribution is -2.37. The minimum atomic E-state index is -0.587. The molecule has 27 heavy (non-hydrogen) atoms. The summed E-state index contributed by atoms with van der Waals surface area (Å²) in [6.45, 7) is 0.963. The van der Waals surface area contributed by atoms with Gasteiger partial charge in [0.15, 0.2) is 5.82 Å². The lowest BCUT2D eigenvalue weighted by Gasteiger charge is -2.15. The average molecular weight is 361 g/mol. The minimum Gasteiger partial charge on any atom is -0.325 e. The van der Waals surface area contributed by atoms with Crippen LogP contribution in [0.4, 0.5) is 5.69 Å². The molecular formula is C21H23N5O. The molecule has 6 nitrogen and oxygen atoms in total. The van der Waals surface area contributed by atoms with Crippen LogP contribution in [-0.4, -0.2) is 26.7 Å². The fraction of sp³-hybridized carbons (Fsp3) is 0.286. The van der Waals surface area contributed by atoms with Crippen LogP contribution in [0.1, 0.15) is 24.2 Å². The summed E-state index contributed by atoms with van der Waals surface area (Å²) in [6.07, 6.45) is 3.83. The SMILES string of the molecule is NC(Cc1ccccc1)C(=O)Nc1ccc(-c2nnc3n2CCCC3)cc1. The molecule has 0 spiro atoms. The summed E-state index contributed by atoms with van der Waals surface area (Å²) in [7, 11) is 0. The van der Waals surface area contributed by atoms with Crippen LogP contribution in [0.15, 0.2) is 54.6 Å². The van der Waals surface area contributed by atoms with E-state index in [1.807, 2.05) is 54.6 Å². The van der Waals surface area contributed by atoms with Gasteiger partial charge in [-0.1, -0.05) is 30.3 Å². The predicted octanol–water partition coefficient (Wildman–Crippen LogP) is 2.79. The smallest absolute Gasteiger partial charge is 0.241 e. The highest BCUT2D eigenvalue weighted by Gasteiger charge is 2.17. The first kappa shape index (κ1) is 17.4. The molecule has 4 rings (SSSR count). The van der Waals surface area contributed by atoms with E-state index in [1.165, 1.54) is 6.42 Å². The van der Waals surface area contributed by atoms with Gasteiger partial charge in [-0.25, -0.2) is 0 Å². The van der Waals surface area contributed by atoms with Gasteiger partial charge in [0.25, 0.3) is 0 Å². The first-order valence-electron chi connectivity index (χ1n) is 9.33. The highest BCUT2D eigenvalue weighted by atomic mass is 16.2. The molecule has 1 amide bonds. The molecule has 0 saturated carbocycles. The summed E-state index contributed by atoms with van der Waals surface area (Å²) in [4.78, 5) is 12.4. The molecule has 3 N–H and O–H groups in total. The Kier molecular flexibility index (Phi) is 4.98. The number of rotatable bonds is 5. The Morgan fingerprint density at radius 2 is 1.85 bits per heavy atom. The molecule has 2 heterocycles. The molecule has 0 fully saturated rings. The van der Waals surface area contributed by atoms with Crippen LogP contribution in [0.2, 0.25) is 0 Å². The van der Waals surface area contributed by atoms with Crippen molar-refractivity contribution in [3.05, 3.63) is 66.0 Å². The van der Waals surface area contributed by atoms with E-state index >= 15 is 0 Å². The largest absolute Gasteiger partial charge is 0.325 e. The van der Waals surface area contributed by atoms with E-state index in [0.717, 1.165) is 47.8 Å². The number of nitrogens with one attached hydrogen (secondary N) is 1. The van der Waals surface area contributed by atoms with Crippen LogP contribution in [0.5, 0.6) is 0 Å². The van der Waals surface area contributed by atoms with Crippen LogP contribution in [-0.2, 0) is 24.2 Å². The number of fused-ring (bicyclic) bond motifs is 1. The molecular weight excluding hydrogens is 338 g/mol. The zero-order valence-electron chi connectivity index (χ0n) is 15.1. The molecule has 1 aliphatic heterocycles. The van der Waals surface area contributed by atoms with Gasteiger partial charge < -0.3 is 15.6 Å². The van der Waals surface area contributed by atoms with E-state index in [9.17, 15) is 4.79 Å². The molecule has 0 saturated heterocycles. The Hall–Kier alpha value is -2.99. The standard InChI is InChI=1S/C21H23N5O/c22-18(14-15-6-2-1-3-7-15)21(27)23-17-11-9-16(10-12-17)20-25-24-19-8-4-5-13-26(19)20/h1-3,6-7,9-12,18H,4-5,8,13-14,22H2,(H,23,27). The lowest BCUT2D eigenvalue weighted by atomic mass is 10.1. The fourth-order valence-electron chi connectivity index (χ4n) is 3.42. The molecule has 0 bridgehead atoms. The minimum absolute atomic E-state index is 0.188.